The van der Waals surface area contributed by atoms with Crippen molar-refractivity contribution in [1.29, 1.82) is 0 Å². The molecule has 0 N–H and O–H groups in total. The molecule has 0 aliphatic rings. The van der Waals surface area contributed by atoms with Gasteiger partial charge in [-0.2, -0.15) is 0 Å². The van der Waals surface area contributed by atoms with Crippen molar-refractivity contribution < 1.29 is 27.3 Å². The maximum Gasteiger partial charge on any atom is 0.216 e. The van der Waals surface area contributed by atoms with Gasteiger partial charge in [0.1, 0.15) is 0 Å². The summed E-state index contributed by atoms with van der Waals surface area (Å²) >= 11 is 0. The van der Waals surface area contributed by atoms with E-state index in [0.29, 0.717) is 28.1 Å². The zero-order valence-corrected chi connectivity index (χ0v) is 31.1. The van der Waals surface area contributed by atoms with Gasteiger partial charge in [-0.1, -0.05) is 80.1 Å². The summed E-state index contributed by atoms with van der Waals surface area (Å²) in [6, 6.07) is 32.5. The van der Waals surface area contributed by atoms with E-state index in [4.69, 9.17) is 12.1 Å². The molecule has 7 aromatic rings. The quantitative estimate of drug-likeness (QED) is 0.166. The second-order valence-electron chi connectivity index (χ2n) is 13.3. The molecule has 4 aromatic heterocycles. The van der Waals surface area contributed by atoms with Gasteiger partial charge in [-0.15, -0.1) is 53.6 Å². The van der Waals surface area contributed by atoms with Gasteiger partial charge < -0.3 is 14.4 Å². The summed E-state index contributed by atoms with van der Waals surface area (Å²) < 4.78 is 23.6. The molecule has 0 bridgehead atoms. The standard InChI is InChI=1S/C29H27N2O.C14H14N.Ir/c1-18-8-6-9-19(2)26(18)24-13-12-22-21-10-7-11-23(27(21)32-28(22)31-24)25-16-20(14-15-30-25)17-29(3,4)5;1-10-4-6-13(7-5-10)14-8-11(2)12(3)9-15-14;/h6-10,12-16H,17H2,1-5H3;4-6,8-9H,1-3H3;/q2*-1;/i17D2;;. The van der Waals surface area contributed by atoms with Crippen molar-refractivity contribution in [1.82, 2.24) is 15.0 Å². The summed E-state index contributed by atoms with van der Waals surface area (Å²) in [5, 5.41) is 1.87. The van der Waals surface area contributed by atoms with Crippen molar-refractivity contribution in [3.05, 3.63) is 137 Å². The molecular formula is C43H41IrN3O-2. The van der Waals surface area contributed by atoms with E-state index in [0.717, 1.165) is 33.3 Å². The molecular weight excluding hydrogens is 767 g/mol. The average molecular weight is 810 g/mol. The minimum atomic E-state index is -1.52. The zero-order valence-electron chi connectivity index (χ0n) is 30.7. The van der Waals surface area contributed by atoms with Crippen LogP contribution < -0.4 is 0 Å². The molecule has 245 valence electrons. The number of rotatable bonds is 4. The largest absolute Gasteiger partial charge is 0.486 e. The van der Waals surface area contributed by atoms with Gasteiger partial charge in [0.15, 0.2) is 0 Å². The van der Waals surface area contributed by atoms with Crippen LogP contribution in [0.2, 0.25) is 0 Å². The van der Waals surface area contributed by atoms with Gasteiger partial charge >= 0.3 is 0 Å². The maximum atomic E-state index is 8.66. The van der Waals surface area contributed by atoms with Crippen molar-refractivity contribution in [2.24, 2.45) is 5.41 Å². The average Bonchev–Trinajstić information content (AvgIpc) is 3.44. The van der Waals surface area contributed by atoms with E-state index in [2.05, 4.69) is 99.2 Å². The number of aromatic nitrogens is 3. The Morgan fingerprint density at radius 2 is 1.52 bits per heavy atom. The van der Waals surface area contributed by atoms with Crippen LogP contribution in [-0.4, -0.2) is 15.0 Å². The van der Waals surface area contributed by atoms with E-state index in [1.807, 2.05) is 51.2 Å². The number of fused-ring (bicyclic) bond motifs is 3. The normalized spacial score (nSPS) is 12.2. The van der Waals surface area contributed by atoms with E-state index < -0.39 is 11.8 Å². The zero-order chi connectivity index (χ0) is 35.1. The number of hydrogen-bond donors (Lipinski definition) is 0. The van der Waals surface area contributed by atoms with Crippen LogP contribution >= 0.6 is 0 Å². The third-order valence-corrected chi connectivity index (χ3v) is 8.19. The fraction of sp³-hybridized carbons (Fsp3) is 0.233. The van der Waals surface area contributed by atoms with Crippen LogP contribution in [0.1, 0.15) is 56.9 Å². The summed E-state index contributed by atoms with van der Waals surface area (Å²) in [5.74, 6) is 0. The summed E-state index contributed by atoms with van der Waals surface area (Å²) in [7, 11) is 0. The maximum absolute atomic E-state index is 8.66. The first-order valence-corrected chi connectivity index (χ1v) is 15.9. The van der Waals surface area contributed by atoms with Crippen LogP contribution in [-0.2, 0) is 26.5 Å². The van der Waals surface area contributed by atoms with Crippen molar-refractivity contribution in [3.8, 4) is 33.8 Å². The van der Waals surface area contributed by atoms with Crippen molar-refractivity contribution in [2.45, 2.75) is 61.8 Å². The number of furan rings is 1. The first kappa shape index (κ1) is 32.1. The molecule has 0 unspecified atom stereocenters. The summed E-state index contributed by atoms with van der Waals surface area (Å²) in [5.41, 5.74) is 12.7. The number of pyridine rings is 3. The topological polar surface area (TPSA) is 51.8 Å². The second-order valence-corrected chi connectivity index (χ2v) is 13.3. The molecule has 3 aromatic carbocycles. The van der Waals surface area contributed by atoms with Crippen molar-refractivity contribution in [3.63, 3.8) is 0 Å². The Kier molecular flexibility index (Phi) is 9.61. The van der Waals surface area contributed by atoms with Crippen LogP contribution in [0.15, 0.2) is 95.7 Å². The van der Waals surface area contributed by atoms with Crippen LogP contribution in [0.25, 0.3) is 55.8 Å². The van der Waals surface area contributed by atoms with E-state index in [-0.39, 0.29) is 20.1 Å². The molecule has 0 saturated heterocycles. The number of hydrogen-bond acceptors (Lipinski definition) is 4. The summed E-state index contributed by atoms with van der Waals surface area (Å²) in [6.45, 7) is 16.1. The van der Waals surface area contributed by atoms with Gasteiger partial charge in [0.2, 0.25) is 5.71 Å². The van der Waals surface area contributed by atoms with Crippen LogP contribution in [0.5, 0.6) is 0 Å². The first-order chi connectivity index (χ1) is 23.2. The molecule has 48 heavy (non-hydrogen) atoms. The fourth-order valence-electron chi connectivity index (χ4n) is 5.68. The van der Waals surface area contributed by atoms with Gasteiger partial charge in [0.25, 0.3) is 0 Å². The first-order valence-electron chi connectivity index (χ1n) is 16.9. The van der Waals surface area contributed by atoms with Crippen LogP contribution in [0, 0.1) is 52.2 Å². The Labute approximate surface area is 300 Å². The van der Waals surface area contributed by atoms with Gasteiger partial charge in [-0.05, 0) is 85.8 Å². The third kappa shape index (κ3) is 7.65. The number of benzene rings is 3. The van der Waals surface area contributed by atoms with E-state index >= 15 is 0 Å². The van der Waals surface area contributed by atoms with Crippen LogP contribution in [0.4, 0.5) is 0 Å². The van der Waals surface area contributed by atoms with Gasteiger partial charge in [0.05, 0.1) is 11.3 Å². The van der Waals surface area contributed by atoms with Crippen LogP contribution in [0.3, 0.4) is 0 Å². The van der Waals surface area contributed by atoms with Gasteiger partial charge in [0, 0.05) is 46.2 Å². The number of aryl methyl sites for hydroxylation is 5. The molecule has 4 heterocycles. The molecule has 0 atom stereocenters. The predicted molar refractivity (Wildman–Crippen MR) is 194 cm³/mol. The van der Waals surface area contributed by atoms with Crippen molar-refractivity contribution >= 4 is 22.1 Å². The molecule has 0 fully saturated rings. The smallest absolute Gasteiger partial charge is 0.216 e. The molecule has 1 radical (unpaired) electrons. The third-order valence-electron chi connectivity index (χ3n) is 8.19. The molecule has 0 saturated carbocycles. The minimum absolute atomic E-state index is 0. The molecule has 5 heteroatoms. The number of nitrogens with zero attached hydrogens (tertiary/aromatic N) is 3. The molecule has 4 nitrogen and oxygen atoms in total. The minimum Gasteiger partial charge on any atom is -0.486 e. The summed E-state index contributed by atoms with van der Waals surface area (Å²) in [6.07, 6.45) is 2.05. The molecule has 7 rings (SSSR count). The Balaban J connectivity index is 0.000000255. The van der Waals surface area contributed by atoms with E-state index in [9.17, 15) is 0 Å². The van der Waals surface area contributed by atoms with E-state index in [1.54, 1.807) is 18.3 Å². The Bertz CT molecular complexity index is 2280. The Morgan fingerprint density at radius 1 is 0.750 bits per heavy atom. The Hall–Kier alpha value is -4.44. The predicted octanol–water partition coefficient (Wildman–Crippen LogP) is 11.2. The van der Waals surface area contributed by atoms with Gasteiger partial charge in [-0.25, -0.2) is 4.98 Å². The monoisotopic (exact) mass is 810 g/mol. The van der Waals surface area contributed by atoms with Crippen molar-refractivity contribution in [2.75, 3.05) is 0 Å². The fourth-order valence-corrected chi connectivity index (χ4v) is 5.68. The molecule has 0 amide bonds. The second kappa shape index (κ2) is 14.4. The SMILES string of the molecule is Cc1c[c-]c(-c2cc(C)c(C)cn2)cc1.[2H]C([2H])(c1ccnc(-c2[c-]ccc3c2oc2nc(-c4c(C)cccc4C)ccc23)c1)C(C)(C)C.[Ir]. The molecule has 0 spiro atoms. The van der Waals surface area contributed by atoms with Gasteiger partial charge in [-0.3, -0.25) is 0 Å². The molecule has 0 aliphatic heterocycles. The Morgan fingerprint density at radius 3 is 2.21 bits per heavy atom. The summed E-state index contributed by atoms with van der Waals surface area (Å²) in [4.78, 5) is 13.8. The molecule has 0 aliphatic carbocycles. The van der Waals surface area contributed by atoms with E-state index in [1.165, 1.54) is 27.8 Å².